The molecule has 2 rings (SSSR count). The molecule has 0 aromatic carbocycles. The normalized spacial score (nSPS) is 16.8. The zero-order valence-electron chi connectivity index (χ0n) is 12.7. The van der Waals surface area contributed by atoms with E-state index in [2.05, 4.69) is 4.98 Å². The highest BCUT2D eigenvalue weighted by Gasteiger charge is 2.36. The molecule has 1 amide bonds. The van der Waals surface area contributed by atoms with E-state index in [1.807, 2.05) is 13.8 Å². The van der Waals surface area contributed by atoms with Crippen molar-refractivity contribution in [1.29, 1.82) is 0 Å². The Bertz CT molecular complexity index is 531. The van der Waals surface area contributed by atoms with E-state index in [9.17, 15) is 18.0 Å². The largest absolute Gasteiger partial charge is 0.419 e. The Hall–Kier alpha value is -1.79. The Labute approximate surface area is 127 Å². The van der Waals surface area contributed by atoms with Crippen LogP contribution in [0.5, 0.6) is 0 Å². The molecule has 0 N–H and O–H groups in total. The van der Waals surface area contributed by atoms with Crippen LogP contribution in [0.3, 0.4) is 0 Å². The SMILES string of the molecule is CC(C)C(=O)N1CCCN(c2ncccc2C(F)(F)F)CC1. The summed E-state index contributed by atoms with van der Waals surface area (Å²) in [5.41, 5.74) is -0.723. The van der Waals surface area contributed by atoms with E-state index < -0.39 is 11.7 Å². The molecule has 7 heteroatoms. The molecular formula is C15H20F3N3O. The first-order valence-corrected chi connectivity index (χ1v) is 7.36. The van der Waals surface area contributed by atoms with Crippen molar-refractivity contribution < 1.29 is 18.0 Å². The number of alkyl halides is 3. The molecule has 1 fully saturated rings. The summed E-state index contributed by atoms with van der Waals surface area (Å²) in [6.07, 6.45) is -2.43. The maximum absolute atomic E-state index is 13.1. The maximum atomic E-state index is 13.1. The van der Waals surface area contributed by atoms with Gasteiger partial charge in [-0.25, -0.2) is 4.98 Å². The van der Waals surface area contributed by atoms with Gasteiger partial charge in [0.05, 0.1) is 5.56 Å². The number of nitrogens with zero attached hydrogens (tertiary/aromatic N) is 3. The number of pyridine rings is 1. The quantitative estimate of drug-likeness (QED) is 0.842. The highest BCUT2D eigenvalue weighted by atomic mass is 19.4. The van der Waals surface area contributed by atoms with Gasteiger partial charge >= 0.3 is 6.18 Å². The molecule has 22 heavy (non-hydrogen) atoms. The minimum absolute atomic E-state index is 0.0407. The van der Waals surface area contributed by atoms with Gasteiger partial charge in [-0.3, -0.25) is 4.79 Å². The van der Waals surface area contributed by atoms with Gasteiger partial charge in [0.15, 0.2) is 0 Å². The lowest BCUT2D eigenvalue weighted by atomic mass is 10.2. The molecule has 0 unspecified atom stereocenters. The van der Waals surface area contributed by atoms with Crippen LogP contribution < -0.4 is 4.90 Å². The van der Waals surface area contributed by atoms with Crippen molar-refractivity contribution in [3.8, 4) is 0 Å². The number of rotatable bonds is 2. The van der Waals surface area contributed by atoms with E-state index in [1.54, 1.807) is 9.80 Å². The summed E-state index contributed by atoms with van der Waals surface area (Å²) < 4.78 is 39.3. The Balaban J connectivity index is 2.17. The van der Waals surface area contributed by atoms with Crippen LogP contribution in [-0.2, 0) is 11.0 Å². The van der Waals surface area contributed by atoms with Crippen molar-refractivity contribution in [2.45, 2.75) is 26.4 Å². The van der Waals surface area contributed by atoms with Gasteiger partial charge in [-0.2, -0.15) is 13.2 Å². The van der Waals surface area contributed by atoms with Crippen LogP contribution in [0.25, 0.3) is 0 Å². The molecule has 2 heterocycles. The smallest absolute Gasteiger partial charge is 0.354 e. The number of hydrogen-bond donors (Lipinski definition) is 0. The lowest BCUT2D eigenvalue weighted by molar-refractivity contribution is -0.137. The van der Waals surface area contributed by atoms with Gasteiger partial charge < -0.3 is 9.80 Å². The van der Waals surface area contributed by atoms with Gasteiger partial charge in [-0.15, -0.1) is 0 Å². The van der Waals surface area contributed by atoms with Crippen molar-refractivity contribution >= 4 is 11.7 Å². The van der Waals surface area contributed by atoms with Gasteiger partial charge in [0.25, 0.3) is 0 Å². The predicted octanol–water partition coefficient (Wildman–Crippen LogP) is 2.80. The summed E-state index contributed by atoms with van der Waals surface area (Å²) in [6, 6.07) is 2.34. The summed E-state index contributed by atoms with van der Waals surface area (Å²) in [6.45, 7) is 5.46. The van der Waals surface area contributed by atoms with E-state index in [4.69, 9.17) is 0 Å². The highest BCUT2D eigenvalue weighted by Crippen LogP contribution is 2.35. The van der Waals surface area contributed by atoms with Crippen LogP contribution in [0.15, 0.2) is 18.3 Å². The summed E-state index contributed by atoms with van der Waals surface area (Å²) in [5.74, 6) is -0.111. The molecule has 0 bridgehead atoms. The second-order valence-electron chi connectivity index (χ2n) is 5.69. The first-order valence-electron chi connectivity index (χ1n) is 7.36. The highest BCUT2D eigenvalue weighted by molar-refractivity contribution is 5.78. The van der Waals surface area contributed by atoms with E-state index in [1.165, 1.54) is 12.3 Å². The second kappa shape index (κ2) is 6.54. The molecule has 122 valence electrons. The second-order valence-corrected chi connectivity index (χ2v) is 5.69. The third-order valence-electron chi connectivity index (χ3n) is 3.69. The minimum atomic E-state index is -4.43. The fourth-order valence-electron chi connectivity index (χ4n) is 2.59. The number of carbonyl (C=O) groups is 1. The van der Waals surface area contributed by atoms with Crippen molar-refractivity contribution in [2.24, 2.45) is 5.92 Å². The number of anilines is 1. The van der Waals surface area contributed by atoms with Crippen LogP contribution in [0.2, 0.25) is 0 Å². The summed E-state index contributed by atoms with van der Waals surface area (Å²) >= 11 is 0. The predicted molar refractivity (Wildman–Crippen MR) is 77.5 cm³/mol. The van der Waals surface area contributed by atoms with Crippen molar-refractivity contribution in [3.63, 3.8) is 0 Å². The Morgan fingerprint density at radius 1 is 1.23 bits per heavy atom. The van der Waals surface area contributed by atoms with Crippen molar-refractivity contribution in [3.05, 3.63) is 23.9 Å². The van der Waals surface area contributed by atoms with E-state index in [0.29, 0.717) is 32.6 Å². The number of hydrogen-bond acceptors (Lipinski definition) is 3. The molecule has 1 aromatic rings. The van der Waals surface area contributed by atoms with Gasteiger partial charge in [0, 0.05) is 38.3 Å². The molecule has 0 spiro atoms. The average Bonchev–Trinajstić information content (AvgIpc) is 2.71. The Morgan fingerprint density at radius 3 is 2.59 bits per heavy atom. The number of halogens is 3. The third kappa shape index (κ3) is 3.69. The van der Waals surface area contributed by atoms with Gasteiger partial charge in [-0.05, 0) is 18.6 Å². The first-order chi connectivity index (χ1) is 10.3. The average molecular weight is 315 g/mol. The van der Waals surface area contributed by atoms with Crippen LogP contribution in [0, 0.1) is 5.92 Å². The van der Waals surface area contributed by atoms with Gasteiger partial charge in [0.2, 0.25) is 5.91 Å². The molecule has 0 aliphatic carbocycles. The summed E-state index contributed by atoms with van der Waals surface area (Å²) in [5, 5.41) is 0. The monoisotopic (exact) mass is 315 g/mol. The third-order valence-corrected chi connectivity index (χ3v) is 3.69. The number of amides is 1. The van der Waals surface area contributed by atoms with Crippen LogP contribution in [-0.4, -0.2) is 42.0 Å². The molecule has 4 nitrogen and oxygen atoms in total. The maximum Gasteiger partial charge on any atom is 0.419 e. The fraction of sp³-hybridized carbons (Fsp3) is 0.600. The Kier molecular flexibility index (Phi) is 4.93. The van der Waals surface area contributed by atoms with Crippen LogP contribution in [0.4, 0.5) is 19.0 Å². The zero-order valence-corrected chi connectivity index (χ0v) is 12.7. The van der Waals surface area contributed by atoms with E-state index >= 15 is 0 Å². The number of aromatic nitrogens is 1. The molecule has 1 aromatic heterocycles. The molecule has 1 saturated heterocycles. The van der Waals surface area contributed by atoms with Gasteiger partial charge in [-0.1, -0.05) is 13.8 Å². The molecule has 0 saturated carbocycles. The molecule has 0 radical (unpaired) electrons. The fourth-order valence-corrected chi connectivity index (χ4v) is 2.59. The molecule has 0 atom stereocenters. The van der Waals surface area contributed by atoms with Crippen LogP contribution >= 0.6 is 0 Å². The lowest BCUT2D eigenvalue weighted by Crippen LogP contribution is -2.38. The van der Waals surface area contributed by atoms with E-state index in [0.717, 1.165) is 6.07 Å². The van der Waals surface area contributed by atoms with Crippen molar-refractivity contribution in [1.82, 2.24) is 9.88 Å². The van der Waals surface area contributed by atoms with Crippen LogP contribution in [0.1, 0.15) is 25.8 Å². The standard InChI is InChI=1S/C15H20F3N3O/c1-11(2)14(22)21-8-4-7-20(9-10-21)13-12(15(16,17)18)5-3-6-19-13/h3,5-6,11H,4,7-10H2,1-2H3. The van der Waals surface area contributed by atoms with E-state index in [-0.39, 0.29) is 17.6 Å². The lowest BCUT2D eigenvalue weighted by Gasteiger charge is -2.25. The Morgan fingerprint density at radius 2 is 1.95 bits per heavy atom. The number of carbonyl (C=O) groups excluding carboxylic acids is 1. The van der Waals surface area contributed by atoms with Gasteiger partial charge in [0.1, 0.15) is 5.82 Å². The minimum Gasteiger partial charge on any atom is -0.354 e. The first kappa shape index (κ1) is 16.6. The van der Waals surface area contributed by atoms with Crippen molar-refractivity contribution in [2.75, 3.05) is 31.1 Å². The summed E-state index contributed by atoms with van der Waals surface area (Å²) in [7, 11) is 0. The molecule has 1 aliphatic heterocycles. The zero-order chi connectivity index (χ0) is 16.3. The molecule has 1 aliphatic rings. The molecular weight excluding hydrogens is 295 g/mol. The topological polar surface area (TPSA) is 36.4 Å². The summed E-state index contributed by atoms with van der Waals surface area (Å²) in [4.78, 5) is 19.3.